The van der Waals surface area contributed by atoms with Gasteiger partial charge in [0.1, 0.15) is 10.3 Å². The number of allylic oxidation sites excluding steroid dienone is 1. The minimum Gasteiger partial charge on any atom is -0.465 e. The summed E-state index contributed by atoms with van der Waals surface area (Å²) in [5, 5.41) is 0. The largest absolute Gasteiger partial charge is 0.465 e. The number of furan rings is 1. The van der Waals surface area contributed by atoms with Crippen LogP contribution in [0.15, 0.2) is 27.3 Å². The third kappa shape index (κ3) is 1.55. The quantitative estimate of drug-likeness (QED) is 0.640. The van der Waals surface area contributed by atoms with Crippen LogP contribution in [-0.2, 0) is 0 Å². The van der Waals surface area contributed by atoms with Crippen molar-refractivity contribution in [1.82, 2.24) is 0 Å². The van der Waals surface area contributed by atoms with Gasteiger partial charge < -0.3 is 4.42 Å². The number of halogens is 2. The van der Waals surface area contributed by atoms with Crippen molar-refractivity contribution in [2.75, 3.05) is 0 Å². The Morgan fingerprint density at radius 3 is 2.60 bits per heavy atom. The van der Waals surface area contributed by atoms with E-state index in [1.54, 1.807) is 25.3 Å². The molecule has 0 saturated carbocycles. The van der Waals surface area contributed by atoms with E-state index in [0.717, 1.165) is 5.57 Å². The average molecular weight is 177 g/mol. The molecule has 0 bridgehead atoms. The third-order valence-electron chi connectivity index (χ3n) is 1.17. The van der Waals surface area contributed by atoms with Crippen LogP contribution >= 0.6 is 23.2 Å². The summed E-state index contributed by atoms with van der Waals surface area (Å²) in [4.78, 5) is 0. The molecule has 0 unspecified atom stereocenters. The molecule has 3 heteroatoms. The SMILES string of the molecule is CC(=C(Cl)Cl)c1ccco1. The molecule has 0 N–H and O–H groups in total. The van der Waals surface area contributed by atoms with Crippen molar-refractivity contribution < 1.29 is 4.42 Å². The fraction of sp³-hybridized carbons (Fsp3) is 0.143. The van der Waals surface area contributed by atoms with Crippen molar-refractivity contribution in [3.63, 3.8) is 0 Å². The second-order valence-corrected chi connectivity index (χ2v) is 2.81. The summed E-state index contributed by atoms with van der Waals surface area (Å²) in [6.45, 7) is 1.80. The maximum absolute atomic E-state index is 5.50. The van der Waals surface area contributed by atoms with Gasteiger partial charge in [0.15, 0.2) is 0 Å². The summed E-state index contributed by atoms with van der Waals surface area (Å²) in [5.41, 5.74) is 0.758. The summed E-state index contributed by atoms with van der Waals surface area (Å²) in [6, 6.07) is 3.59. The number of hydrogen-bond acceptors (Lipinski definition) is 1. The minimum atomic E-state index is 0.245. The van der Waals surface area contributed by atoms with E-state index in [2.05, 4.69) is 0 Å². The fourth-order valence-corrected chi connectivity index (χ4v) is 0.771. The highest BCUT2D eigenvalue weighted by molar-refractivity contribution is 6.58. The van der Waals surface area contributed by atoms with Gasteiger partial charge in [-0.05, 0) is 19.1 Å². The molecule has 0 radical (unpaired) electrons. The van der Waals surface area contributed by atoms with Crippen molar-refractivity contribution >= 4 is 28.8 Å². The van der Waals surface area contributed by atoms with Crippen molar-refractivity contribution in [2.24, 2.45) is 0 Å². The van der Waals surface area contributed by atoms with E-state index in [1.807, 2.05) is 0 Å². The zero-order chi connectivity index (χ0) is 7.56. The van der Waals surface area contributed by atoms with E-state index >= 15 is 0 Å². The van der Waals surface area contributed by atoms with Gasteiger partial charge in [0.2, 0.25) is 0 Å². The molecule has 1 heterocycles. The first kappa shape index (κ1) is 7.70. The van der Waals surface area contributed by atoms with Gasteiger partial charge in [-0.2, -0.15) is 0 Å². The highest BCUT2D eigenvalue weighted by Gasteiger charge is 2.01. The molecule has 1 aromatic rings. The molecule has 0 atom stereocenters. The van der Waals surface area contributed by atoms with Gasteiger partial charge in [0, 0.05) is 5.57 Å². The standard InChI is InChI=1S/C7H6Cl2O/c1-5(7(8)9)6-3-2-4-10-6/h2-4H,1H3. The molecule has 0 amide bonds. The molecule has 54 valence electrons. The lowest BCUT2D eigenvalue weighted by molar-refractivity contribution is 0.553. The Labute approximate surface area is 69.2 Å². The fourth-order valence-electron chi connectivity index (χ4n) is 0.585. The number of rotatable bonds is 1. The summed E-state index contributed by atoms with van der Waals surface area (Å²) in [5.74, 6) is 0.708. The normalized spacial score (nSPS) is 9.50. The molecule has 0 spiro atoms. The van der Waals surface area contributed by atoms with Crippen molar-refractivity contribution in [3.05, 3.63) is 28.6 Å². The lowest BCUT2D eigenvalue weighted by atomic mass is 10.3. The second-order valence-electron chi connectivity index (χ2n) is 1.86. The van der Waals surface area contributed by atoms with Crippen molar-refractivity contribution in [1.29, 1.82) is 0 Å². The zero-order valence-electron chi connectivity index (χ0n) is 5.40. The van der Waals surface area contributed by atoms with Crippen LogP contribution < -0.4 is 0 Å². The molecule has 1 rings (SSSR count). The third-order valence-corrected chi connectivity index (χ3v) is 1.74. The highest BCUT2D eigenvalue weighted by atomic mass is 35.5. The molecule has 1 aromatic heterocycles. The molecule has 0 aliphatic carbocycles. The maximum atomic E-state index is 5.50. The molecule has 0 aromatic carbocycles. The van der Waals surface area contributed by atoms with E-state index in [0.29, 0.717) is 5.76 Å². The molecule has 0 aliphatic rings. The Bertz CT molecular complexity index is 232. The molecule has 0 fully saturated rings. The maximum Gasteiger partial charge on any atom is 0.131 e. The Morgan fingerprint density at radius 2 is 2.20 bits per heavy atom. The first-order chi connectivity index (χ1) is 4.72. The van der Waals surface area contributed by atoms with Crippen molar-refractivity contribution in [2.45, 2.75) is 6.92 Å². The lowest BCUT2D eigenvalue weighted by Crippen LogP contribution is -1.72. The van der Waals surface area contributed by atoms with Crippen LogP contribution in [0.1, 0.15) is 12.7 Å². The Morgan fingerprint density at radius 1 is 1.50 bits per heavy atom. The van der Waals surface area contributed by atoms with E-state index in [1.165, 1.54) is 0 Å². The molecule has 1 nitrogen and oxygen atoms in total. The van der Waals surface area contributed by atoms with Gasteiger partial charge in [-0.3, -0.25) is 0 Å². The smallest absolute Gasteiger partial charge is 0.131 e. The van der Waals surface area contributed by atoms with Crippen LogP contribution in [0.4, 0.5) is 0 Å². The summed E-state index contributed by atoms with van der Waals surface area (Å²) < 4.78 is 5.28. The predicted octanol–water partition coefficient (Wildman–Crippen LogP) is 3.45. The van der Waals surface area contributed by atoms with E-state index in [9.17, 15) is 0 Å². The second kappa shape index (κ2) is 3.13. The minimum absolute atomic E-state index is 0.245. The summed E-state index contributed by atoms with van der Waals surface area (Å²) >= 11 is 11.0. The van der Waals surface area contributed by atoms with Gasteiger partial charge in [-0.25, -0.2) is 0 Å². The number of hydrogen-bond donors (Lipinski definition) is 0. The molecule has 0 saturated heterocycles. The van der Waals surface area contributed by atoms with Crippen molar-refractivity contribution in [3.8, 4) is 0 Å². The summed E-state index contributed by atoms with van der Waals surface area (Å²) in [7, 11) is 0. The van der Waals surface area contributed by atoms with Gasteiger partial charge in [0.25, 0.3) is 0 Å². The van der Waals surface area contributed by atoms with E-state index < -0.39 is 0 Å². The van der Waals surface area contributed by atoms with Crippen LogP contribution in [0.25, 0.3) is 5.57 Å². The summed E-state index contributed by atoms with van der Waals surface area (Å²) in [6.07, 6.45) is 1.58. The van der Waals surface area contributed by atoms with Crippen LogP contribution in [0.5, 0.6) is 0 Å². The molecular weight excluding hydrogens is 171 g/mol. The first-order valence-electron chi connectivity index (χ1n) is 2.77. The van der Waals surface area contributed by atoms with Gasteiger partial charge in [-0.1, -0.05) is 23.2 Å². The van der Waals surface area contributed by atoms with Crippen LogP contribution in [0.2, 0.25) is 0 Å². The van der Waals surface area contributed by atoms with Crippen LogP contribution in [0.3, 0.4) is 0 Å². The van der Waals surface area contributed by atoms with Gasteiger partial charge in [-0.15, -0.1) is 0 Å². The molecule has 0 aliphatic heterocycles. The van der Waals surface area contributed by atoms with E-state index in [-0.39, 0.29) is 4.49 Å². The molecular formula is C7H6Cl2O. The van der Waals surface area contributed by atoms with Gasteiger partial charge in [0.05, 0.1) is 6.26 Å². The Kier molecular flexibility index (Phi) is 2.41. The predicted molar refractivity (Wildman–Crippen MR) is 43.0 cm³/mol. The first-order valence-corrected chi connectivity index (χ1v) is 3.53. The van der Waals surface area contributed by atoms with Gasteiger partial charge >= 0.3 is 0 Å². The zero-order valence-corrected chi connectivity index (χ0v) is 6.91. The highest BCUT2D eigenvalue weighted by Crippen LogP contribution is 2.23. The Balaban J connectivity index is 2.99. The average Bonchev–Trinajstić information content (AvgIpc) is 2.36. The topological polar surface area (TPSA) is 13.1 Å². The van der Waals surface area contributed by atoms with E-state index in [4.69, 9.17) is 27.6 Å². The molecule has 10 heavy (non-hydrogen) atoms. The van der Waals surface area contributed by atoms with Crippen LogP contribution in [-0.4, -0.2) is 0 Å². The van der Waals surface area contributed by atoms with Crippen LogP contribution in [0, 0.1) is 0 Å². The Hall–Kier alpha value is -0.400. The lowest BCUT2D eigenvalue weighted by Gasteiger charge is -1.93. The monoisotopic (exact) mass is 176 g/mol.